The van der Waals surface area contributed by atoms with E-state index in [1.54, 1.807) is 0 Å². The third-order valence-electron chi connectivity index (χ3n) is 7.11. The van der Waals surface area contributed by atoms with Crippen LogP contribution in [0.3, 0.4) is 0 Å². The van der Waals surface area contributed by atoms with E-state index in [-0.39, 0.29) is 5.63 Å². The summed E-state index contributed by atoms with van der Waals surface area (Å²) in [5.41, 5.74) is 5.83. The molecule has 0 spiro atoms. The summed E-state index contributed by atoms with van der Waals surface area (Å²) < 4.78 is 7.84. The maximum atomic E-state index is 12.9. The van der Waals surface area contributed by atoms with Crippen LogP contribution in [0, 0.1) is 26.7 Å². The average Bonchev–Trinajstić information content (AvgIpc) is 3.59. The van der Waals surface area contributed by atoms with Crippen LogP contribution in [-0.2, 0) is 0 Å². The highest BCUT2D eigenvalue weighted by Gasteiger charge is 2.29. The molecule has 2 fully saturated rings. The fourth-order valence-corrected chi connectivity index (χ4v) is 5.45. The SMILES string of the molecule is C#C.Cc1cn2cc(-c3cc4ccc(N5CCC(N6CCCC6)C5)cc4oc3=O)cc2c(C)n1. The zero-order chi connectivity index (χ0) is 23.8. The van der Waals surface area contributed by atoms with Crippen molar-refractivity contribution in [1.29, 1.82) is 0 Å². The monoisotopic (exact) mass is 454 g/mol. The van der Waals surface area contributed by atoms with Gasteiger partial charge in [-0.25, -0.2) is 4.79 Å². The van der Waals surface area contributed by atoms with Crippen LogP contribution >= 0.6 is 0 Å². The molecule has 0 amide bonds. The molecule has 1 unspecified atom stereocenters. The summed E-state index contributed by atoms with van der Waals surface area (Å²) in [7, 11) is 0. The summed E-state index contributed by atoms with van der Waals surface area (Å²) in [5, 5.41) is 0.944. The van der Waals surface area contributed by atoms with Crippen LogP contribution in [0.5, 0.6) is 0 Å². The predicted octanol–water partition coefficient (Wildman–Crippen LogP) is 4.65. The van der Waals surface area contributed by atoms with Gasteiger partial charge in [0.25, 0.3) is 0 Å². The van der Waals surface area contributed by atoms with Crippen LogP contribution in [0.4, 0.5) is 5.69 Å². The Morgan fingerprint density at radius 1 is 1.03 bits per heavy atom. The highest BCUT2D eigenvalue weighted by atomic mass is 16.4. The topological polar surface area (TPSA) is 54.0 Å². The zero-order valence-corrected chi connectivity index (χ0v) is 19.8. The number of hydrogen-bond acceptors (Lipinski definition) is 5. The Balaban J connectivity index is 0.00000117. The van der Waals surface area contributed by atoms with Crippen molar-refractivity contribution in [3.8, 4) is 24.0 Å². The number of fused-ring (bicyclic) bond motifs is 2. The van der Waals surface area contributed by atoms with Crippen LogP contribution in [0.1, 0.15) is 30.7 Å². The molecule has 174 valence electrons. The van der Waals surface area contributed by atoms with Crippen LogP contribution in [0.15, 0.2) is 51.9 Å². The average molecular weight is 455 g/mol. The smallest absolute Gasteiger partial charge is 0.344 e. The van der Waals surface area contributed by atoms with Crippen molar-refractivity contribution in [1.82, 2.24) is 14.3 Å². The standard InChI is InChI=1S/C26H28N4O2.C2H2/c1-17-14-30-15-20(12-24(30)18(2)27-17)23-11-19-5-6-21(13-25(19)32-26(23)31)29-10-7-22(16-29)28-8-3-4-9-28;1-2/h5-6,11-15,22H,3-4,7-10,16H2,1-2H3;1-2H. The lowest BCUT2D eigenvalue weighted by Gasteiger charge is -2.24. The first-order valence-electron chi connectivity index (χ1n) is 11.9. The molecule has 3 aromatic heterocycles. The zero-order valence-electron chi connectivity index (χ0n) is 19.8. The molecule has 6 nitrogen and oxygen atoms in total. The number of aryl methyl sites for hydroxylation is 2. The molecule has 0 aliphatic carbocycles. The molecule has 0 N–H and O–H groups in total. The third kappa shape index (κ3) is 3.97. The fraction of sp³-hybridized carbons (Fsp3) is 0.357. The predicted molar refractivity (Wildman–Crippen MR) is 137 cm³/mol. The molecule has 0 bridgehead atoms. The highest BCUT2D eigenvalue weighted by Crippen LogP contribution is 2.30. The molecule has 6 heteroatoms. The molecule has 5 heterocycles. The van der Waals surface area contributed by atoms with Gasteiger partial charge in [-0.2, -0.15) is 0 Å². The summed E-state index contributed by atoms with van der Waals surface area (Å²) in [4.78, 5) is 22.5. The van der Waals surface area contributed by atoms with E-state index in [0.29, 0.717) is 17.2 Å². The Morgan fingerprint density at radius 2 is 1.82 bits per heavy atom. The van der Waals surface area contributed by atoms with Gasteiger partial charge in [-0.3, -0.25) is 9.88 Å². The van der Waals surface area contributed by atoms with Crippen LogP contribution in [0.2, 0.25) is 0 Å². The van der Waals surface area contributed by atoms with Crippen molar-refractivity contribution in [2.75, 3.05) is 31.1 Å². The first-order chi connectivity index (χ1) is 16.5. The molecule has 4 aromatic rings. The van der Waals surface area contributed by atoms with Gasteiger partial charge in [-0.15, -0.1) is 12.8 Å². The summed E-state index contributed by atoms with van der Waals surface area (Å²) in [6.45, 7) is 8.54. The molecule has 2 aliphatic rings. The van der Waals surface area contributed by atoms with E-state index in [1.165, 1.54) is 32.4 Å². The summed E-state index contributed by atoms with van der Waals surface area (Å²) in [6, 6.07) is 10.9. The van der Waals surface area contributed by atoms with Gasteiger partial charge >= 0.3 is 5.63 Å². The number of benzene rings is 1. The molecule has 1 aromatic carbocycles. The third-order valence-corrected chi connectivity index (χ3v) is 7.11. The fourth-order valence-electron chi connectivity index (χ4n) is 5.45. The van der Waals surface area contributed by atoms with E-state index in [2.05, 4.69) is 39.8 Å². The lowest BCUT2D eigenvalue weighted by Crippen LogP contribution is -2.35. The number of rotatable bonds is 3. The highest BCUT2D eigenvalue weighted by molar-refractivity contribution is 5.85. The molecule has 0 radical (unpaired) electrons. The number of likely N-dealkylation sites (tertiary alicyclic amines) is 1. The van der Waals surface area contributed by atoms with Crippen molar-refractivity contribution in [3.63, 3.8) is 0 Å². The summed E-state index contributed by atoms with van der Waals surface area (Å²) in [6.07, 6.45) is 15.8. The van der Waals surface area contributed by atoms with E-state index in [4.69, 9.17) is 4.42 Å². The lowest BCUT2D eigenvalue weighted by atomic mass is 10.1. The first-order valence-corrected chi connectivity index (χ1v) is 11.9. The molecule has 1 atom stereocenters. The van der Waals surface area contributed by atoms with E-state index < -0.39 is 0 Å². The number of anilines is 1. The van der Waals surface area contributed by atoms with Crippen molar-refractivity contribution in [3.05, 3.63) is 64.5 Å². The van der Waals surface area contributed by atoms with Crippen LogP contribution < -0.4 is 10.5 Å². The Kier molecular flexibility index (Phi) is 5.89. The number of aromatic nitrogens is 2. The molecule has 34 heavy (non-hydrogen) atoms. The van der Waals surface area contributed by atoms with Gasteiger partial charge in [0.2, 0.25) is 0 Å². The number of hydrogen-bond donors (Lipinski definition) is 0. The molecule has 2 saturated heterocycles. The minimum absolute atomic E-state index is 0.302. The first kappa shape index (κ1) is 22.2. The second kappa shape index (κ2) is 9.00. The number of nitrogens with zero attached hydrogens (tertiary/aromatic N) is 4. The van der Waals surface area contributed by atoms with Gasteiger partial charge in [0.15, 0.2) is 0 Å². The van der Waals surface area contributed by atoms with E-state index in [0.717, 1.165) is 46.6 Å². The minimum atomic E-state index is -0.302. The molecule has 2 aliphatic heterocycles. The second-order valence-electron chi connectivity index (χ2n) is 9.29. The van der Waals surface area contributed by atoms with Crippen LogP contribution in [-0.4, -0.2) is 46.5 Å². The minimum Gasteiger partial charge on any atom is -0.422 e. The Labute approximate surface area is 199 Å². The number of terminal acetylenes is 1. The van der Waals surface area contributed by atoms with Crippen molar-refractivity contribution in [2.45, 2.75) is 39.2 Å². The van der Waals surface area contributed by atoms with Gasteiger partial charge in [-0.05, 0) is 70.5 Å². The van der Waals surface area contributed by atoms with Gasteiger partial charge < -0.3 is 13.7 Å². The van der Waals surface area contributed by atoms with E-state index in [9.17, 15) is 4.79 Å². The van der Waals surface area contributed by atoms with Crippen LogP contribution in [0.25, 0.3) is 27.6 Å². The largest absolute Gasteiger partial charge is 0.422 e. The van der Waals surface area contributed by atoms with E-state index in [1.807, 2.05) is 48.8 Å². The lowest BCUT2D eigenvalue weighted by molar-refractivity contribution is 0.260. The van der Waals surface area contributed by atoms with Gasteiger partial charge in [-0.1, -0.05) is 0 Å². The van der Waals surface area contributed by atoms with Gasteiger partial charge in [0.05, 0.1) is 22.5 Å². The van der Waals surface area contributed by atoms with Crippen molar-refractivity contribution in [2.24, 2.45) is 0 Å². The Hall–Kier alpha value is -3.56. The quantitative estimate of drug-likeness (QED) is 0.333. The molecule has 6 rings (SSSR count). The van der Waals surface area contributed by atoms with Gasteiger partial charge in [0, 0.05) is 54.2 Å². The van der Waals surface area contributed by atoms with Crippen molar-refractivity contribution < 1.29 is 4.42 Å². The summed E-state index contributed by atoms with van der Waals surface area (Å²) in [5.74, 6) is 0. The van der Waals surface area contributed by atoms with Crippen molar-refractivity contribution >= 4 is 22.2 Å². The maximum Gasteiger partial charge on any atom is 0.344 e. The molecular weight excluding hydrogens is 424 g/mol. The molecular formula is C28H30N4O2. The molecule has 0 saturated carbocycles. The Bertz CT molecular complexity index is 1430. The second-order valence-corrected chi connectivity index (χ2v) is 9.29. The van der Waals surface area contributed by atoms with Gasteiger partial charge in [0.1, 0.15) is 5.58 Å². The van der Waals surface area contributed by atoms with E-state index >= 15 is 0 Å². The Morgan fingerprint density at radius 3 is 2.62 bits per heavy atom. The maximum absolute atomic E-state index is 12.9. The summed E-state index contributed by atoms with van der Waals surface area (Å²) >= 11 is 0. The normalized spacial score (nSPS) is 18.5.